The SMILES string of the molecule is O=C(CN1CCCC1=O)c1ccco1. The first-order chi connectivity index (χ1) is 6.77. The van der Waals surface area contributed by atoms with E-state index in [2.05, 4.69) is 0 Å². The highest BCUT2D eigenvalue weighted by molar-refractivity contribution is 5.97. The zero-order chi connectivity index (χ0) is 9.97. The van der Waals surface area contributed by atoms with E-state index in [0.29, 0.717) is 18.7 Å². The number of ketones is 1. The lowest BCUT2D eigenvalue weighted by Crippen LogP contribution is -2.30. The third-order valence-electron chi connectivity index (χ3n) is 2.30. The molecule has 1 aliphatic rings. The predicted octanol–water partition coefficient (Wildman–Crippen LogP) is 1.08. The van der Waals surface area contributed by atoms with Crippen molar-refractivity contribution in [2.45, 2.75) is 12.8 Å². The molecule has 1 aromatic rings. The molecule has 1 fully saturated rings. The summed E-state index contributed by atoms with van der Waals surface area (Å²) >= 11 is 0. The van der Waals surface area contributed by atoms with Gasteiger partial charge in [0.25, 0.3) is 0 Å². The Hall–Kier alpha value is -1.58. The van der Waals surface area contributed by atoms with E-state index in [1.165, 1.54) is 6.26 Å². The number of rotatable bonds is 3. The maximum atomic E-state index is 11.5. The molecular formula is C10H11NO3. The van der Waals surface area contributed by atoms with E-state index in [9.17, 15) is 9.59 Å². The zero-order valence-electron chi connectivity index (χ0n) is 7.73. The molecule has 0 saturated carbocycles. The van der Waals surface area contributed by atoms with Crippen molar-refractivity contribution in [1.82, 2.24) is 4.90 Å². The van der Waals surface area contributed by atoms with E-state index in [1.54, 1.807) is 17.0 Å². The second-order valence-corrected chi connectivity index (χ2v) is 3.32. The van der Waals surface area contributed by atoms with Gasteiger partial charge in [-0.05, 0) is 18.6 Å². The van der Waals surface area contributed by atoms with Crippen molar-refractivity contribution >= 4 is 11.7 Å². The molecule has 74 valence electrons. The second-order valence-electron chi connectivity index (χ2n) is 3.32. The van der Waals surface area contributed by atoms with Gasteiger partial charge < -0.3 is 9.32 Å². The van der Waals surface area contributed by atoms with Gasteiger partial charge in [-0.2, -0.15) is 0 Å². The number of likely N-dealkylation sites (tertiary alicyclic amines) is 1. The lowest BCUT2D eigenvalue weighted by Gasteiger charge is -2.12. The van der Waals surface area contributed by atoms with Crippen LogP contribution in [-0.4, -0.2) is 29.7 Å². The maximum absolute atomic E-state index is 11.5. The molecule has 2 heterocycles. The standard InChI is InChI=1S/C10H11NO3/c12-8(9-3-2-6-14-9)7-11-5-1-4-10(11)13/h2-3,6H,1,4-5,7H2. The summed E-state index contributed by atoms with van der Waals surface area (Å²) in [5, 5.41) is 0. The van der Waals surface area contributed by atoms with Crippen molar-refractivity contribution < 1.29 is 14.0 Å². The highest BCUT2D eigenvalue weighted by Crippen LogP contribution is 2.11. The summed E-state index contributed by atoms with van der Waals surface area (Å²) in [7, 11) is 0. The van der Waals surface area contributed by atoms with Gasteiger partial charge in [0, 0.05) is 13.0 Å². The molecular weight excluding hydrogens is 182 g/mol. The van der Waals surface area contributed by atoms with Crippen molar-refractivity contribution in [1.29, 1.82) is 0 Å². The lowest BCUT2D eigenvalue weighted by atomic mass is 10.3. The highest BCUT2D eigenvalue weighted by atomic mass is 16.3. The molecule has 0 unspecified atom stereocenters. The smallest absolute Gasteiger partial charge is 0.223 e. The summed E-state index contributed by atoms with van der Waals surface area (Å²) in [6.45, 7) is 0.831. The molecule has 0 radical (unpaired) electrons. The van der Waals surface area contributed by atoms with Crippen molar-refractivity contribution in [2.24, 2.45) is 0 Å². The van der Waals surface area contributed by atoms with Crippen LogP contribution in [-0.2, 0) is 4.79 Å². The first-order valence-electron chi connectivity index (χ1n) is 4.62. The van der Waals surface area contributed by atoms with Gasteiger partial charge >= 0.3 is 0 Å². The number of carbonyl (C=O) groups is 2. The quantitative estimate of drug-likeness (QED) is 0.675. The van der Waals surface area contributed by atoms with Crippen molar-refractivity contribution in [3.8, 4) is 0 Å². The molecule has 14 heavy (non-hydrogen) atoms. The van der Waals surface area contributed by atoms with Crippen LogP contribution < -0.4 is 0 Å². The average molecular weight is 193 g/mol. The van der Waals surface area contributed by atoms with Crippen LogP contribution in [0.3, 0.4) is 0 Å². The Morgan fingerprint density at radius 3 is 3.00 bits per heavy atom. The van der Waals surface area contributed by atoms with E-state index < -0.39 is 0 Å². The summed E-state index contributed by atoms with van der Waals surface area (Å²) < 4.78 is 4.95. The molecule has 1 aromatic heterocycles. The fraction of sp³-hybridized carbons (Fsp3) is 0.400. The predicted molar refractivity (Wildman–Crippen MR) is 48.9 cm³/mol. The number of Topliss-reactive ketones (excluding diaryl/α,β-unsaturated/α-hetero) is 1. The summed E-state index contributed by atoms with van der Waals surface area (Å²) in [4.78, 5) is 24.3. The summed E-state index contributed by atoms with van der Waals surface area (Å²) in [5.74, 6) is 0.250. The third kappa shape index (κ3) is 1.69. The van der Waals surface area contributed by atoms with Gasteiger partial charge in [-0.15, -0.1) is 0 Å². The molecule has 0 aromatic carbocycles. The van der Waals surface area contributed by atoms with Gasteiger partial charge in [-0.25, -0.2) is 0 Å². The van der Waals surface area contributed by atoms with Crippen LogP contribution in [0, 0.1) is 0 Å². The Morgan fingerprint density at radius 1 is 1.57 bits per heavy atom. The fourth-order valence-electron chi connectivity index (χ4n) is 1.56. The molecule has 1 saturated heterocycles. The van der Waals surface area contributed by atoms with E-state index in [1.807, 2.05) is 0 Å². The largest absolute Gasteiger partial charge is 0.461 e. The minimum atomic E-state index is -0.134. The number of amides is 1. The van der Waals surface area contributed by atoms with E-state index in [-0.39, 0.29) is 18.2 Å². The molecule has 4 heteroatoms. The van der Waals surface area contributed by atoms with Crippen LogP contribution in [0.2, 0.25) is 0 Å². The zero-order valence-corrected chi connectivity index (χ0v) is 7.73. The Bertz CT molecular complexity index is 342. The van der Waals surface area contributed by atoms with Crippen LogP contribution in [0.5, 0.6) is 0 Å². The fourth-order valence-corrected chi connectivity index (χ4v) is 1.56. The number of hydrogen-bond donors (Lipinski definition) is 0. The van der Waals surface area contributed by atoms with Crippen LogP contribution >= 0.6 is 0 Å². The molecule has 1 aliphatic heterocycles. The second kappa shape index (κ2) is 3.65. The van der Waals surface area contributed by atoms with Gasteiger partial charge in [0.2, 0.25) is 11.7 Å². The minimum Gasteiger partial charge on any atom is -0.461 e. The average Bonchev–Trinajstić information content (AvgIpc) is 2.77. The number of carbonyl (C=O) groups excluding carboxylic acids is 2. The first-order valence-corrected chi connectivity index (χ1v) is 4.62. The maximum Gasteiger partial charge on any atom is 0.223 e. The van der Waals surface area contributed by atoms with Crippen molar-refractivity contribution in [3.63, 3.8) is 0 Å². The van der Waals surface area contributed by atoms with Crippen LogP contribution in [0.15, 0.2) is 22.8 Å². The number of nitrogens with zero attached hydrogens (tertiary/aromatic N) is 1. The Labute approximate surface area is 81.5 Å². The normalized spacial score (nSPS) is 16.3. The van der Waals surface area contributed by atoms with Gasteiger partial charge in [0.1, 0.15) is 0 Å². The van der Waals surface area contributed by atoms with E-state index in [4.69, 9.17) is 4.42 Å². The molecule has 0 bridgehead atoms. The van der Waals surface area contributed by atoms with Gasteiger partial charge in [0.05, 0.1) is 12.8 Å². The first kappa shape index (κ1) is 8.99. The van der Waals surface area contributed by atoms with Crippen LogP contribution in [0.4, 0.5) is 0 Å². The Morgan fingerprint density at radius 2 is 2.43 bits per heavy atom. The molecule has 0 aliphatic carbocycles. The molecule has 4 nitrogen and oxygen atoms in total. The van der Waals surface area contributed by atoms with Crippen molar-refractivity contribution in [2.75, 3.05) is 13.1 Å². The summed E-state index contributed by atoms with van der Waals surface area (Å²) in [6, 6.07) is 3.28. The van der Waals surface area contributed by atoms with Crippen LogP contribution in [0.25, 0.3) is 0 Å². The molecule has 2 rings (SSSR count). The topological polar surface area (TPSA) is 50.5 Å². The number of hydrogen-bond acceptors (Lipinski definition) is 3. The highest BCUT2D eigenvalue weighted by Gasteiger charge is 2.23. The van der Waals surface area contributed by atoms with Crippen molar-refractivity contribution in [3.05, 3.63) is 24.2 Å². The monoisotopic (exact) mass is 193 g/mol. The van der Waals surface area contributed by atoms with Crippen LogP contribution in [0.1, 0.15) is 23.4 Å². The Balaban J connectivity index is 1.98. The third-order valence-corrected chi connectivity index (χ3v) is 2.30. The van der Waals surface area contributed by atoms with Gasteiger partial charge in [0.15, 0.2) is 5.76 Å². The Kier molecular flexibility index (Phi) is 2.35. The van der Waals surface area contributed by atoms with Gasteiger partial charge in [-0.1, -0.05) is 0 Å². The van der Waals surface area contributed by atoms with Gasteiger partial charge in [-0.3, -0.25) is 9.59 Å². The summed E-state index contributed by atoms with van der Waals surface area (Å²) in [5.41, 5.74) is 0. The van der Waals surface area contributed by atoms with E-state index >= 15 is 0 Å². The molecule has 0 atom stereocenters. The molecule has 0 spiro atoms. The number of furan rings is 1. The molecule has 0 N–H and O–H groups in total. The molecule has 1 amide bonds. The van der Waals surface area contributed by atoms with E-state index in [0.717, 1.165) is 6.42 Å². The summed E-state index contributed by atoms with van der Waals surface area (Å²) in [6.07, 6.45) is 2.87. The lowest BCUT2D eigenvalue weighted by molar-refractivity contribution is -0.127. The minimum absolute atomic E-state index is 0.0601.